The molecule has 157 valence electrons. The smallest absolute Gasteiger partial charge is 0.303 e. The van der Waals surface area contributed by atoms with Crippen molar-refractivity contribution in [1.82, 2.24) is 19.5 Å². The standard InChI is InChI=1S/C17H21IN5O6/c1-4-5-27-22-15-14-16(21-17(18)20-15)23(8-19-14)13-6-11(28-10(3)25)12(29-13)7-26-9(2)24/h6,8,11-13H,4-5,7H2,1-3H3,(H,20,21,22)/t11-,12-,13-/m1/s1. The van der Waals surface area contributed by atoms with Crippen molar-refractivity contribution in [1.29, 1.82) is 0 Å². The minimum Gasteiger partial charge on any atom is -0.463 e. The summed E-state index contributed by atoms with van der Waals surface area (Å²) in [4.78, 5) is 41.1. The number of halogens is 1. The fourth-order valence-electron chi connectivity index (χ4n) is 2.76. The first kappa shape index (κ1) is 21.6. The van der Waals surface area contributed by atoms with E-state index < -0.39 is 30.4 Å². The lowest BCUT2D eigenvalue weighted by Crippen LogP contribution is -2.31. The van der Waals surface area contributed by atoms with Crippen LogP contribution >= 0.6 is 22.6 Å². The van der Waals surface area contributed by atoms with Crippen LogP contribution in [0.15, 0.2) is 6.33 Å². The number of hydrogen-bond donors (Lipinski definition) is 1. The lowest BCUT2D eigenvalue weighted by Gasteiger charge is -2.17. The molecule has 1 aliphatic rings. The largest absolute Gasteiger partial charge is 0.463 e. The van der Waals surface area contributed by atoms with Crippen LogP contribution in [0.4, 0.5) is 5.82 Å². The van der Waals surface area contributed by atoms with Crippen molar-refractivity contribution in [2.45, 2.75) is 45.6 Å². The molecule has 0 spiro atoms. The molecule has 0 aromatic carbocycles. The van der Waals surface area contributed by atoms with Crippen LogP contribution in [-0.4, -0.2) is 56.9 Å². The first-order valence-corrected chi connectivity index (χ1v) is 10.1. The van der Waals surface area contributed by atoms with Crippen molar-refractivity contribution >= 4 is 51.5 Å². The number of hydrogen-bond acceptors (Lipinski definition) is 10. The number of rotatable bonds is 8. The highest BCUT2D eigenvalue weighted by Gasteiger charge is 2.40. The Balaban J connectivity index is 1.85. The van der Waals surface area contributed by atoms with Gasteiger partial charge in [0.2, 0.25) is 0 Å². The van der Waals surface area contributed by atoms with Gasteiger partial charge in [-0.25, -0.2) is 20.4 Å². The number of fused-ring (bicyclic) bond motifs is 1. The maximum Gasteiger partial charge on any atom is 0.303 e. The maximum absolute atomic E-state index is 11.4. The van der Waals surface area contributed by atoms with Crippen molar-refractivity contribution in [3.8, 4) is 0 Å². The van der Waals surface area contributed by atoms with E-state index in [1.165, 1.54) is 13.8 Å². The van der Waals surface area contributed by atoms with Gasteiger partial charge in [0.05, 0.1) is 19.4 Å². The van der Waals surface area contributed by atoms with Crippen molar-refractivity contribution < 1.29 is 28.6 Å². The zero-order valence-electron chi connectivity index (χ0n) is 16.1. The van der Waals surface area contributed by atoms with Crippen LogP contribution in [0.5, 0.6) is 0 Å². The first-order chi connectivity index (χ1) is 13.9. The quantitative estimate of drug-likeness (QED) is 0.182. The van der Waals surface area contributed by atoms with E-state index >= 15 is 0 Å². The van der Waals surface area contributed by atoms with E-state index in [1.807, 2.05) is 29.5 Å². The van der Waals surface area contributed by atoms with E-state index in [2.05, 4.69) is 20.4 Å². The normalized spacial score (nSPS) is 21.3. The van der Waals surface area contributed by atoms with Gasteiger partial charge in [-0.1, -0.05) is 6.92 Å². The van der Waals surface area contributed by atoms with Gasteiger partial charge in [-0.2, -0.15) is 0 Å². The molecule has 1 saturated heterocycles. The summed E-state index contributed by atoms with van der Waals surface area (Å²) in [6.45, 7) is 5.07. The second-order valence-corrected chi connectivity index (χ2v) is 7.21. The third-order valence-corrected chi connectivity index (χ3v) is 4.41. The molecular weight excluding hydrogens is 497 g/mol. The number of ether oxygens (including phenoxy) is 3. The fraction of sp³-hybridized carbons (Fsp3) is 0.529. The van der Waals surface area contributed by atoms with Gasteiger partial charge in [0.1, 0.15) is 25.0 Å². The third kappa shape index (κ3) is 5.30. The highest BCUT2D eigenvalue weighted by atomic mass is 127. The number of aromatic nitrogens is 4. The zero-order valence-corrected chi connectivity index (χ0v) is 18.3. The molecule has 3 atom stereocenters. The summed E-state index contributed by atoms with van der Waals surface area (Å²) >= 11 is 2.00. The van der Waals surface area contributed by atoms with Gasteiger partial charge in [-0.3, -0.25) is 19.0 Å². The van der Waals surface area contributed by atoms with Gasteiger partial charge in [0.25, 0.3) is 0 Å². The highest BCUT2D eigenvalue weighted by molar-refractivity contribution is 14.1. The fourth-order valence-corrected chi connectivity index (χ4v) is 3.23. The molecule has 1 N–H and O–H groups in total. The van der Waals surface area contributed by atoms with Gasteiger partial charge >= 0.3 is 11.9 Å². The van der Waals surface area contributed by atoms with Crippen molar-refractivity contribution in [3.63, 3.8) is 0 Å². The number of esters is 2. The van der Waals surface area contributed by atoms with E-state index in [9.17, 15) is 9.59 Å². The summed E-state index contributed by atoms with van der Waals surface area (Å²) in [5, 5.41) is 0. The molecule has 29 heavy (non-hydrogen) atoms. The Morgan fingerprint density at radius 2 is 2.10 bits per heavy atom. The predicted molar refractivity (Wildman–Crippen MR) is 108 cm³/mol. The molecule has 2 aromatic heterocycles. The zero-order chi connectivity index (χ0) is 21.0. The van der Waals surface area contributed by atoms with Crippen LogP contribution in [0, 0.1) is 10.3 Å². The van der Waals surface area contributed by atoms with E-state index in [0.717, 1.165) is 6.42 Å². The van der Waals surface area contributed by atoms with E-state index in [-0.39, 0.29) is 6.61 Å². The lowest BCUT2D eigenvalue weighted by atomic mass is 10.2. The summed E-state index contributed by atoms with van der Waals surface area (Å²) in [6, 6.07) is 0. The molecule has 0 amide bonds. The van der Waals surface area contributed by atoms with Crippen LogP contribution in [-0.2, 0) is 28.6 Å². The van der Waals surface area contributed by atoms with Crippen molar-refractivity contribution in [3.05, 3.63) is 16.6 Å². The minimum absolute atomic E-state index is 0.0446. The number of carbonyl (C=O) groups is 2. The lowest BCUT2D eigenvalue weighted by molar-refractivity contribution is -0.155. The average Bonchev–Trinajstić information content (AvgIpc) is 3.23. The van der Waals surface area contributed by atoms with Crippen molar-refractivity contribution in [2.24, 2.45) is 0 Å². The number of carbonyl (C=O) groups excluding carboxylic acids is 2. The van der Waals surface area contributed by atoms with Crippen LogP contribution in [0.3, 0.4) is 0 Å². The Hall–Kier alpha value is -2.06. The Morgan fingerprint density at radius 1 is 1.31 bits per heavy atom. The first-order valence-electron chi connectivity index (χ1n) is 8.98. The van der Waals surface area contributed by atoms with Gasteiger partial charge in [0.15, 0.2) is 20.8 Å². The molecule has 2 aromatic rings. The average molecular weight is 518 g/mol. The molecule has 1 fully saturated rings. The Labute approximate surface area is 180 Å². The van der Waals surface area contributed by atoms with Crippen LogP contribution in [0.1, 0.15) is 33.4 Å². The molecule has 0 saturated carbocycles. The van der Waals surface area contributed by atoms with Crippen LogP contribution in [0.25, 0.3) is 11.2 Å². The minimum atomic E-state index is -0.680. The number of anilines is 1. The topological polar surface area (TPSA) is 127 Å². The number of nitrogens with one attached hydrogen (secondary N) is 1. The molecule has 11 nitrogen and oxygen atoms in total. The molecular formula is C17H21IN5O6. The van der Waals surface area contributed by atoms with E-state index in [1.54, 1.807) is 17.3 Å². The highest BCUT2D eigenvalue weighted by Crippen LogP contribution is 2.33. The molecule has 12 heteroatoms. The van der Waals surface area contributed by atoms with Gasteiger partial charge in [0, 0.05) is 36.4 Å². The maximum atomic E-state index is 11.4. The summed E-state index contributed by atoms with van der Waals surface area (Å²) in [7, 11) is 0. The van der Waals surface area contributed by atoms with Crippen LogP contribution in [0.2, 0.25) is 0 Å². The van der Waals surface area contributed by atoms with Crippen molar-refractivity contribution in [2.75, 3.05) is 18.7 Å². The predicted octanol–water partition coefficient (Wildman–Crippen LogP) is 1.78. The van der Waals surface area contributed by atoms with Crippen LogP contribution < -0.4 is 5.48 Å². The summed E-state index contributed by atoms with van der Waals surface area (Å²) in [5.41, 5.74) is 3.82. The van der Waals surface area contributed by atoms with Gasteiger partial charge < -0.3 is 14.2 Å². The summed E-state index contributed by atoms with van der Waals surface area (Å²) in [5.74, 6) is -0.468. The van der Waals surface area contributed by atoms with E-state index in [0.29, 0.717) is 27.4 Å². The van der Waals surface area contributed by atoms with E-state index in [4.69, 9.17) is 19.0 Å². The second kappa shape index (κ2) is 9.63. The Kier molecular flexibility index (Phi) is 7.18. The second-order valence-electron chi connectivity index (χ2n) is 6.25. The molecule has 0 unspecified atom stereocenters. The molecule has 0 bridgehead atoms. The summed E-state index contributed by atoms with van der Waals surface area (Å²) < 4.78 is 18.5. The third-order valence-electron chi connectivity index (χ3n) is 3.93. The summed E-state index contributed by atoms with van der Waals surface area (Å²) in [6.07, 6.45) is 2.16. The molecule has 0 aliphatic carbocycles. The van der Waals surface area contributed by atoms with Gasteiger partial charge in [-0.05, 0) is 6.42 Å². The number of nitrogens with zero attached hydrogens (tertiary/aromatic N) is 4. The molecule has 1 aliphatic heterocycles. The Morgan fingerprint density at radius 3 is 2.79 bits per heavy atom. The molecule has 3 heterocycles. The molecule has 1 radical (unpaired) electrons. The van der Waals surface area contributed by atoms with Gasteiger partial charge in [-0.15, -0.1) is 0 Å². The number of imidazole rings is 1. The Bertz CT molecular complexity index is 891. The monoisotopic (exact) mass is 518 g/mol. The molecule has 3 rings (SSSR count). The SMILES string of the molecule is CCCONc1nc(I)nc2c1ncn2[C@H]1[CH][C@@H](OC(C)=O)[C@@H](COC(C)=O)O1.